The molecule has 3 aliphatic rings. The van der Waals surface area contributed by atoms with Crippen LogP contribution in [0.25, 0.3) is 0 Å². The second kappa shape index (κ2) is 12.9. The Morgan fingerprint density at radius 1 is 0.735 bits per heavy atom. The average Bonchev–Trinajstić information content (AvgIpc) is 2.84. The van der Waals surface area contributed by atoms with Gasteiger partial charge in [-0.15, -0.1) is 0 Å². The molecule has 2 saturated carbocycles. The maximum Gasteiger partial charge on any atom is 0.133 e. The summed E-state index contributed by atoms with van der Waals surface area (Å²) in [6.07, 6.45) is 23.1. The summed E-state index contributed by atoms with van der Waals surface area (Å²) in [5.74, 6) is 2.71. The molecule has 0 N–H and O–H groups in total. The Kier molecular flexibility index (Phi) is 9.89. The van der Waals surface area contributed by atoms with Gasteiger partial charge in [0.1, 0.15) is 11.6 Å². The Morgan fingerprint density at radius 2 is 1.41 bits per heavy atom. The summed E-state index contributed by atoms with van der Waals surface area (Å²) >= 11 is 0. The zero-order chi connectivity index (χ0) is 23.9. The normalized spacial score (nSPS) is 29.0. The van der Waals surface area contributed by atoms with Gasteiger partial charge in [0.2, 0.25) is 0 Å². The third-order valence-corrected chi connectivity index (χ3v) is 9.82. The van der Waals surface area contributed by atoms with Gasteiger partial charge in [0, 0.05) is 5.56 Å². The van der Waals surface area contributed by atoms with E-state index in [4.69, 9.17) is 0 Å². The number of benzene rings is 1. The molecule has 0 aromatic heterocycles. The van der Waals surface area contributed by atoms with Gasteiger partial charge in [-0.3, -0.25) is 0 Å². The summed E-state index contributed by atoms with van der Waals surface area (Å²) < 4.78 is 31.1. The Morgan fingerprint density at radius 3 is 2.24 bits per heavy atom. The van der Waals surface area contributed by atoms with Crippen LogP contribution < -0.4 is 0 Å². The maximum absolute atomic E-state index is 15.7. The summed E-state index contributed by atoms with van der Waals surface area (Å²) in [4.78, 5) is 0. The molecule has 0 amide bonds. The number of hydrogen-bond acceptors (Lipinski definition) is 0. The average molecular weight is 473 g/mol. The Balaban J connectivity index is 1.34. The monoisotopic (exact) mass is 472 g/mol. The van der Waals surface area contributed by atoms with Crippen LogP contribution in [0, 0.1) is 35.3 Å². The van der Waals surface area contributed by atoms with Crippen molar-refractivity contribution < 1.29 is 8.78 Å². The molecule has 0 radical (unpaired) electrons. The molecule has 0 heterocycles. The van der Waals surface area contributed by atoms with Crippen molar-refractivity contribution in [3.8, 4) is 0 Å². The van der Waals surface area contributed by atoms with Crippen molar-refractivity contribution in [1.29, 1.82) is 0 Å². The van der Waals surface area contributed by atoms with Crippen molar-refractivity contribution in [3.63, 3.8) is 0 Å². The van der Waals surface area contributed by atoms with Gasteiger partial charge < -0.3 is 0 Å². The molecule has 4 rings (SSSR count). The molecular formula is C32H50F2. The highest BCUT2D eigenvalue weighted by atomic mass is 19.1. The minimum Gasteiger partial charge on any atom is -0.207 e. The van der Waals surface area contributed by atoms with Crippen LogP contribution in [0.1, 0.15) is 146 Å². The van der Waals surface area contributed by atoms with E-state index in [0.717, 1.165) is 55.1 Å². The molecule has 0 aliphatic heterocycles. The number of hydrogen-bond donors (Lipinski definition) is 0. The van der Waals surface area contributed by atoms with E-state index in [9.17, 15) is 0 Å². The van der Waals surface area contributed by atoms with Crippen molar-refractivity contribution in [3.05, 3.63) is 34.4 Å². The molecule has 192 valence electrons. The molecule has 3 aliphatic carbocycles. The molecule has 2 fully saturated rings. The van der Waals surface area contributed by atoms with Crippen molar-refractivity contribution in [2.24, 2.45) is 23.7 Å². The van der Waals surface area contributed by atoms with Gasteiger partial charge in [-0.1, -0.05) is 84.5 Å². The van der Waals surface area contributed by atoms with Gasteiger partial charge in [-0.05, 0) is 98.1 Å². The highest BCUT2D eigenvalue weighted by Crippen LogP contribution is 2.50. The molecule has 5 unspecified atom stereocenters. The molecule has 0 spiro atoms. The molecule has 0 bridgehead atoms. The SMILES string of the molecule is CCCCCCCC1CCc2c(cc(F)c(C3CCC4CC(CCCCC)CCC4C3)c2F)C1. The lowest BCUT2D eigenvalue weighted by Crippen LogP contribution is -2.31. The van der Waals surface area contributed by atoms with E-state index >= 15 is 8.78 Å². The predicted molar refractivity (Wildman–Crippen MR) is 140 cm³/mol. The van der Waals surface area contributed by atoms with Crippen molar-refractivity contribution in [1.82, 2.24) is 0 Å². The summed E-state index contributed by atoms with van der Waals surface area (Å²) in [6.45, 7) is 4.53. The summed E-state index contributed by atoms with van der Waals surface area (Å²) in [5.41, 5.74) is 2.30. The number of halogens is 2. The van der Waals surface area contributed by atoms with Crippen LogP contribution in [0.2, 0.25) is 0 Å². The number of rotatable bonds is 11. The first kappa shape index (κ1) is 26.2. The predicted octanol–water partition coefficient (Wildman–Crippen LogP) is 10.3. The summed E-state index contributed by atoms with van der Waals surface area (Å²) in [7, 11) is 0. The van der Waals surface area contributed by atoms with Crippen molar-refractivity contribution >= 4 is 0 Å². The van der Waals surface area contributed by atoms with E-state index in [2.05, 4.69) is 13.8 Å². The largest absolute Gasteiger partial charge is 0.207 e. The second-order valence-corrected chi connectivity index (χ2v) is 12.2. The van der Waals surface area contributed by atoms with Crippen molar-refractivity contribution in [2.45, 2.75) is 142 Å². The fraction of sp³-hybridized carbons (Fsp3) is 0.812. The third kappa shape index (κ3) is 6.44. The zero-order valence-electron chi connectivity index (χ0n) is 22.2. The zero-order valence-corrected chi connectivity index (χ0v) is 22.2. The summed E-state index contributed by atoms with van der Waals surface area (Å²) in [6, 6.07) is 1.74. The van der Waals surface area contributed by atoms with Gasteiger partial charge in [-0.2, -0.15) is 0 Å². The molecule has 2 heteroatoms. The van der Waals surface area contributed by atoms with Gasteiger partial charge in [-0.25, -0.2) is 8.78 Å². The lowest BCUT2D eigenvalue weighted by molar-refractivity contribution is 0.111. The van der Waals surface area contributed by atoms with Crippen LogP contribution in [0.5, 0.6) is 0 Å². The van der Waals surface area contributed by atoms with Crippen LogP contribution in [-0.4, -0.2) is 0 Å². The first-order valence-corrected chi connectivity index (χ1v) is 15.1. The second-order valence-electron chi connectivity index (χ2n) is 12.2. The Hall–Kier alpha value is -0.920. The number of fused-ring (bicyclic) bond motifs is 2. The lowest BCUT2D eigenvalue weighted by atomic mass is 9.63. The van der Waals surface area contributed by atoms with Crippen LogP contribution in [0.4, 0.5) is 8.78 Å². The van der Waals surface area contributed by atoms with E-state index in [1.807, 2.05) is 0 Å². The van der Waals surface area contributed by atoms with E-state index in [1.165, 1.54) is 89.9 Å². The van der Waals surface area contributed by atoms with Gasteiger partial charge >= 0.3 is 0 Å². The van der Waals surface area contributed by atoms with Crippen LogP contribution in [0.3, 0.4) is 0 Å². The first-order chi connectivity index (χ1) is 16.6. The molecule has 0 nitrogen and oxygen atoms in total. The topological polar surface area (TPSA) is 0 Å². The van der Waals surface area contributed by atoms with Crippen LogP contribution in [0.15, 0.2) is 6.07 Å². The molecular weight excluding hydrogens is 422 g/mol. The van der Waals surface area contributed by atoms with Gasteiger partial charge in [0.15, 0.2) is 0 Å². The quantitative estimate of drug-likeness (QED) is 0.281. The lowest BCUT2D eigenvalue weighted by Gasteiger charge is -2.42. The van der Waals surface area contributed by atoms with Gasteiger partial charge in [0.05, 0.1) is 0 Å². The summed E-state index contributed by atoms with van der Waals surface area (Å²) in [5, 5.41) is 0. The van der Waals surface area contributed by atoms with E-state index in [-0.39, 0.29) is 17.6 Å². The smallest absolute Gasteiger partial charge is 0.133 e. The molecule has 0 saturated heterocycles. The molecule has 34 heavy (non-hydrogen) atoms. The molecule has 1 aromatic carbocycles. The Bertz CT molecular complexity index is 769. The van der Waals surface area contributed by atoms with E-state index < -0.39 is 0 Å². The highest BCUT2D eigenvalue weighted by Gasteiger charge is 2.38. The fourth-order valence-electron chi connectivity index (χ4n) is 7.79. The molecule has 5 atom stereocenters. The van der Waals surface area contributed by atoms with E-state index in [0.29, 0.717) is 17.4 Å². The minimum absolute atomic E-state index is 0.0967. The van der Waals surface area contributed by atoms with Crippen molar-refractivity contribution in [2.75, 3.05) is 0 Å². The standard InChI is InChI=1S/C32H50F2/c1-3-5-7-8-10-12-24-14-18-29-28(20-24)22-30(33)31(32(29)34)27-17-16-25-19-23(11-9-6-4-2)13-15-26(25)21-27/h22-27H,3-21H2,1-2H3. The van der Waals surface area contributed by atoms with E-state index in [1.54, 1.807) is 6.07 Å². The Labute approximate surface area is 208 Å². The first-order valence-electron chi connectivity index (χ1n) is 15.1. The highest BCUT2D eigenvalue weighted by molar-refractivity contribution is 5.39. The number of unbranched alkanes of at least 4 members (excludes halogenated alkanes) is 6. The minimum atomic E-state index is -0.239. The van der Waals surface area contributed by atoms with Crippen LogP contribution >= 0.6 is 0 Å². The van der Waals surface area contributed by atoms with Gasteiger partial charge in [0.25, 0.3) is 0 Å². The maximum atomic E-state index is 15.7. The molecule has 1 aromatic rings. The third-order valence-electron chi connectivity index (χ3n) is 9.82. The van der Waals surface area contributed by atoms with Crippen LogP contribution in [-0.2, 0) is 12.8 Å². The fourth-order valence-corrected chi connectivity index (χ4v) is 7.79.